The molecule has 0 saturated heterocycles. The van der Waals surface area contributed by atoms with E-state index in [1.807, 2.05) is 6.92 Å². The molecule has 0 amide bonds. The zero-order chi connectivity index (χ0) is 12.0. The number of aliphatic hydroxyl groups is 1. The van der Waals surface area contributed by atoms with Crippen molar-refractivity contribution in [1.82, 2.24) is 0 Å². The summed E-state index contributed by atoms with van der Waals surface area (Å²) in [6, 6.07) is 6.23. The van der Waals surface area contributed by atoms with Crippen molar-refractivity contribution in [3.8, 4) is 0 Å². The Kier molecular flexibility index (Phi) is 5.43. The molecule has 3 heteroatoms. The molecular weight excluding hydrogens is 207 g/mol. The topological polar surface area (TPSA) is 29.5 Å². The number of hydrogen-bond donors (Lipinski definition) is 1. The minimum Gasteiger partial charge on any atom is -0.386 e. The molecule has 90 valence electrons. The second-order valence-electron chi connectivity index (χ2n) is 3.97. The summed E-state index contributed by atoms with van der Waals surface area (Å²) in [5.41, 5.74) is 0.297. The van der Waals surface area contributed by atoms with Crippen molar-refractivity contribution in [3.05, 3.63) is 35.6 Å². The Morgan fingerprint density at radius 1 is 1.38 bits per heavy atom. The van der Waals surface area contributed by atoms with Gasteiger partial charge in [-0.25, -0.2) is 4.39 Å². The smallest absolute Gasteiger partial charge is 0.129 e. The van der Waals surface area contributed by atoms with Crippen LogP contribution in [0.5, 0.6) is 0 Å². The molecule has 0 aliphatic carbocycles. The van der Waals surface area contributed by atoms with Gasteiger partial charge in [-0.2, -0.15) is 0 Å². The molecule has 1 aromatic carbocycles. The Balaban J connectivity index is 2.46. The highest BCUT2D eigenvalue weighted by atomic mass is 19.1. The maximum absolute atomic E-state index is 13.3. The van der Waals surface area contributed by atoms with Gasteiger partial charge < -0.3 is 9.84 Å². The highest BCUT2D eigenvalue weighted by molar-refractivity contribution is 5.19. The van der Waals surface area contributed by atoms with Crippen LogP contribution in [0.25, 0.3) is 0 Å². The van der Waals surface area contributed by atoms with E-state index in [0.717, 1.165) is 12.8 Å². The third-order valence-electron chi connectivity index (χ3n) is 2.50. The quantitative estimate of drug-likeness (QED) is 0.807. The Hall–Kier alpha value is -0.930. The van der Waals surface area contributed by atoms with Gasteiger partial charge in [-0.3, -0.25) is 0 Å². The summed E-state index contributed by atoms with van der Waals surface area (Å²) in [5.74, 6) is -0.387. The molecular formula is C13H19FO2. The van der Waals surface area contributed by atoms with Gasteiger partial charge in [-0.05, 0) is 19.4 Å². The van der Waals surface area contributed by atoms with E-state index in [0.29, 0.717) is 5.56 Å². The monoisotopic (exact) mass is 226 g/mol. The zero-order valence-electron chi connectivity index (χ0n) is 9.82. The molecule has 1 N–H and O–H groups in total. The summed E-state index contributed by atoms with van der Waals surface area (Å²) in [4.78, 5) is 0. The third-order valence-corrected chi connectivity index (χ3v) is 2.50. The van der Waals surface area contributed by atoms with Crippen LogP contribution in [-0.4, -0.2) is 17.8 Å². The van der Waals surface area contributed by atoms with Gasteiger partial charge in [0.25, 0.3) is 0 Å². The molecule has 1 rings (SSSR count). The Bertz CT molecular complexity index is 315. The highest BCUT2D eigenvalue weighted by Crippen LogP contribution is 2.17. The molecule has 2 unspecified atom stereocenters. The molecule has 2 atom stereocenters. The predicted molar refractivity (Wildman–Crippen MR) is 61.7 cm³/mol. The van der Waals surface area contributed by atoms with Crippen LogP contribution in [-0.2, 0) is 4.74 Å². The van der Waals surface area contributed by atoms with Crippen molar-refractivity contribution in [2.75, 3.05) is 6.61 Å². The van der Waals surface area contributed by atoms with Crippen molar-refractivity contribution >= 4 is 0 Å². The lowest BCUT2D eigenvalue weighted by molar-refractivity contribution is -0.00702. The first kappa shape index (κ1) is 13.1. The van der Waals surface area contributed by atoms with Gasteiger partial charge in [0, 0.05) is 5.56 Å². The molecule has 0 fully saturated rings. The van der Waals surface area contributed by atoms with Crippen LogP contribution in [0.2, 0.25) is 0 Å². The largest absolute Gasteiger partial charge is 0.386 e. The molecule has 0 spiro atoms. The van der Waals surface area contributed by atoms with Gasteiger partial charge in [-0.15, -0.1) is 0 Å². The molecule has 0 heterocycles. The Morgan fingerprint density at radius 3 is 2.69 bits per heavy atom. The number of halogens is 1. The maximum atomic E-state index is 13.3. The molecule has 2 nitrogen and oxygen atoms in total. The van der Waals surface area contributed by atoms with Gasteiger partial charge >= 0.3 is 0 Å². The van der Waals surface area contributed by atoms with Gasteiger partial charge in [0.05, 0.1) is 12.7 Å². The first-order valence-electron chi connectivity index (χ1n) is 5.69. The number of aliphatic hydroxyl groups excluding tert-OH is 1. The molecule has 0 saturated carbocycles. The minimum absolute atomic E-state index is 0.103. The van der Waals surface area contributed by atoms with E-state index >= 15 is 0 Å². The van der Waals surface area contributed by atoms with Crippen LogP contribution in [0.3, 0.4) is 0 Å². The fraction of sp³-hybridized carbons (Fsp3) is 0.538. The lowest BCUT2D eigenvalue weighted by Gasteiger charge is -2.16. The first-order chi connectivity index (χ1) is 7.65. The molecule has 0 bridgehead atoms. The van der Waals surface area contributed by atoms with E-state index in [4.69, 9.17) is 4.74 Å². The van der Waals surface area contributed by atoms with E-state index in [2.05, 4.69) is 6.92 Å². The Morgan fingerprint density at radius 2 is 2.06 bits per heavy atom. The maximum Gasteiger partial charge on any atom is 0.129 e. The number of benzene rings is 1. The van der Waals surface area contributed by atoms with E-state index < -0.39 is 6.10 Å². The van der Waals surface area contributed by atoms with E-state index in [-0.39, 0.29) is 18.5 Å². The van der Waals surface area contributed by atoms with Gasteiger partial charge in [-0.1, -0.05) is 31.5 Å². The molecule has 0 radical (unpaired) electrons. The van der Waals surface area contributed by atoms with Crippen LogP contribution >= 0.6 is 0 Å². The summed E-state index contributed by atoms with van der Waals surface area (Å²) in [7, 11) is 0. The summed E-state index contributed by atoms with van der Waals surface area (Å²) in [5, 5.41) is 9.75. The standard InChI is InChI=1S/C13H19FO2/c1-3-6-10(2)16-9-13(15)11-7-4-5-8-12(11)14/h4-5,7-8,10,13,15H,3,6,9H2,1-2H3. The van der Waals surface area contributed by atoms with Crippen LogP contribution in [0.15, 0.2) is 24.3 Å². The van der Waals surface area contributed by atoms with E-state index in [1.165, 1.54) is 6.07 Å². The van der Waals surface area contributed by atoms with Gasteiger partial charge in [0.15, 0.2) is 0 Å². The second-order valence-corrected chi connectivity index (χ2v) is 3.97. The molecule has 0 aromatic heterocycles. The number of hydrogen-bond acceptors (Lipinski definition) is 2. The molecule has 1 aromatic rings. The second kappa shape index (κ2) is 6.61. The fourth-order valence-electron chi connectivity index (χ4n) is 1.58. The van der Waals surface area contributed by atoms with Crippen LogP contribution in [0.4, 0.5) is 4.39 Å². The summed E-state index contributed by atoms with van der Waals surface area (Å²) in [6.07, 6.45) is 1.20. The average Bonchev–Trinajstić information content (AvgIpc) is 2.27. The lowest BCUT2D eigenvalue weighted by Crippen LogP contribution is -2.15. The van der Waals surface area contributed by atoms with Crippen molar-refractivity contribution in [2.45, 2.75) is 38.9 Å². The van der Waals surface area contributed by atoms with E-state index in [1.54, 1.807) is 18.2 Å². The summed E-state index contributed by atoms with van der Waals surface area (Å²) >= 11 is 0. The average molecular weight is 226 g/mol. The van der Waals surface area contributed by atoms with Crippen LogP contribution in [0.1, 0.15) is 38.4 Å². The molecule has 0 aliphatic heterocycles. The Labute approximate surface area is 96.1 Å². The predicted octanol–water partition coefficient (Wildman–Crippen LogP) is 3.06. The lowest BCUT2D eigenvalue weighted by atomic mass is 10.1. The van der Waals surface area contributed by atoms with Crippen molar-refractivity contribution in [3.63, 3.8) is 0 Å². The zero-order valence-corrected chi connectivity index (χ0v) is 9.82. The van der Waals surface area contributed by atoms with Crippen molar-refractivity contribution in [1.29, 1.82) is 0 Å². The third kappa shape index (κ3) is 3.91. The van der Waals surface area contributed by atoms with Gasteiger partial charge in [0.2, 0.25) is 0 Å². The van der Waals surface area contributed by atoms with Crippen molar-refractivity contribution in [2.24, 2.45) is 0 Å². The number of rotatable bonds is 6. The number of ether oxygens (including phenoxy) is 1. The normalized spacial score (nSPS) is 14.8. The minimum atomic E-state index is -0.888. The highest BCUT2D eigenvalue weighted by Gasteiger charge is 2.13. The molecule has 0 aliphatic rings. The van der Waals surface area contributed by atoms with Crippen LogP contribution < -0.4 is 0 Å². The van der Waals surface area contributed by atoms with Crippen LogP contribution in [0, 0.1) is 5.82 Å². The van der Waals surface area contributed by atoms with Gasteiger partial charge in [0.1, 0.15) is 11.9 Å². The summed E-state index contributed by atoms with van der Waals surface area (Å²) < 4.78 is 18.7. The summed E-state index contributed by atoms with van der Waals surface area (Å²) in [6.45, 7) is 4.17. The fourth-order valence-corrected chi connectivity index (χ4v) is 1.58. The van der Waals surface area contributed by atoms with E-state index in [9.17, 15) is 9.50 Å². The SMILES string of the molecule is CCCC(C)OCC(O)c1ccccc1F. The van der Waals surface area contributed by atoms with Crippen molar-refractivity contribution < 1.29 is 14.2 Å². The first-order valence-corrected chi connectivity index (χ1v) is 5.69. The molecule has 16 heavy (non-hydrogen) atoms.